The maximum Gasteiger partial charge on any atom is 0.195 e. The van der Waals surface area contributed by atoms with Gasteiger partial charge in [0.1, 0.15) is 5.58 Å². The lowest BCUT2D eigenvalue weighted by molar-refractivity contribution is 0.0988. The zero-order valence-electron chi connectivity index (χ0n) is 12.0. The van der Waals surface area contributed by atoms with E-state index < -0.39 is 0 Å². The number of aryl methyl sites for hydroxylation is 2. The van der Waals surface area contributed by atoms with E-state index in [1.165, 1.54) is 5.56 Å². The van der Waals surface area contributed by atoms with Crippen molar-refractivity contribution in [3.05, 3.63) is 34.6 Å². The van der Waals surface area contributed by atoms with E-state index >= 15 is 0 Å². The Kier molecular flexibility index (Phi) is 2.84. The van der Waals surface area contributed by atoms with Gasteiger partial charge in [0.15, 0.2) is 11.5 Å². The zero-order chi connectivity index (χ0) is 13.7. The second kappa shape index (κ2) is 3.98. The van der Waals surface area contributed by atoms with E-state index in [0.29, 0.717) is 5.76 Å². The minimum atomic E-state index is -0.0135. The van der Waals surface area contributed by atoms with E-state index in [0.717, 1.165) is 22.1 Å². The third kappa shape index (κ3) is 1.96. The Morgan fingerprint density at radius 1 is 1.17 bits per heavy atom. The Hall–Kier alpha value is -1.57. The second-order valence-corrected chi connectivity index (χ2v) is 6.03. The molecule has 2 aromatic rings. The Morgan fingerprint density at radius 2 is 1.78 bits per heavy atom. The lowest BCUT2D eigenvalue weighted by Gasteiger charge is -2.19. The maximum absolute atomic E-state index is 11.5. The van der Waals surface area contributed by atoms with Gasteiger partial charge in [-0.1, -0.05) is 26.8 Å². The van der Waals surface area contributed by atoms with Crippen LogP contribution in [0, 0.1) is 13.8 Å². The first kappa shape index (κ1) is 12.9. The quantitative estimate of drug-likeness (QED) is 0.689. The van der Waals surface area contributed by atoms with E-state index in [1.54, 1.807) is 6.92 Å². The number of hydrogen-bond acceptors (Lipinski definition) is 2. The molecule has 2 rings (SSSR count). The molecule has 0 aliphatic rings. The minimum Gasteiger partial charge on any atom is -0.452 e. The molecule has 18 heavy (non-hydrogen) atoms. The molecule has 0 N–H and O–H groups in total. The highest BCUT2D eigenvalue weighted by Crippen LogP contribution is 2.33. The fourth-order valence-corrected chi connectivity index (χ4v) is 2.26. The molecule has 0 saturated heterocycles. The van der Waals surface area contributed by atoms with Gasteiger partial charge < -0.3 is 4.42 Å². The van der Waals surface area contributed by atoms with Crippen molar-refractivity contribution < 1.29 is 9.21 Å². The summed E-state index contributed by atoms with van der Waals surface area (Å²) in [7, 11) is 0. The van der Waals surface area contributed by atoms with Crippen molar-refractivity contribution in [3.63, 3.8) is 0 Å². The summed E-state index contributed by atoms with van der Waals surface area (Å²) >= 11 is 0. The molecule has 0 aliphatic carbocycles. The Balaban J connectivity index is 2.80. The van der Waals surface area contributed by atoms with Crippen molar-refractivity contribution in [1.82, 2.24) is 0 Å². The van der Waals surface area contributed by atoms with Crippen LogP contribution in [0.4, 0.5) is 0 Å². The molecule has 96 valence electrons. The lowest BCUT2D eigenvalue weighted by Crippen LogP contribution is -2.11. The average molecular weight is 244 g/mol. The van der Waals surface area contributed by atoms with Crippen LogP contribution < -0.4 is 0 Å². The molecule has 0 amide bonds. The van der Waals surface area contributed by atoms with Gasteiger partial charge in [0.25, 0.3) is 0 Å². The third-order valence-corrected chi connectivity index (χ3v) is 3.41. The molecule has 0 radical (unpaired) electrons. The predicted octanol–water partition coefficient (Wildman–Crippen LogP) is 4.55. The van der Waals surface area contributed by atoms with Gasteiger partial charge >= 0.3 is 0 Å². The van der Waals surface area contributed by atoms with Crippen molar-refractivity contribution in [2.45, 2.75) is 47.0 Å². The topological polar surface area (TPSA) is 30.2 Å². The molecule has 0 bridgehead atoms. The highest BCUT2D eigenvalue weighted by molar-refractivity contribution is 5.99. The number of benzene rings is 1. The first-order chi connectivity index (χ1) is 8.21. The van der Waals surface area contributed by atoms with E-state index in [2.05, 4.69) is 32.9 Å². The molecule has 0 saturated carbocycles. The molecule has 1 aromatic heterocycles. The highest BCUT2D eigenvalue weighted by Gasteiger charge is 2.20. The largest absolute Gasteiger partial charge is 0.452 e. The van der Waals surface area contributed by atoms with Gasteiger partial charge in [0, 0.05) is 17.9 Å². The number of Topliss-reactive ketones (excluding diaryl/α,β-unsaturated/α-hetero) is 1. The zero-order valence-corrected chi connectivity index (χ0v) is 12.0. The number of rotatable bonds is 1. The Labute approximate surface area is 108 Å². The van der Waals surface area contributed by atoms with Crippen LogP contribution in [0.3, 0.4) is 0 Å². The second-order valence-electron chi connectivity index (χ2n) is 6.03. The molecule has 1 heterocycles. The number of carbonyl (C=O) groups excluding carboxylic acids is 1. The van der Waals surface area contributed by atoms with Crippen LogP contribution in [0.5, 0.6) is 0 Å². The predicted molar refractivity (Wildman–Crippen MR) is 74.4 cm³/mol. The van der Waals surface area contributed by atoms with Gasteiger partial charge in [-0.05, 0) is 36.5 Å². The van der Waals surface area contributed by atoms with Crippen molar-refractivity contribution in [3.8, 4) is 0 Å². The number of hydrogen-bond donors (Lipinski definition) is 0. The van der Waals surface area contributed by atoms with Crippen LogP contribution in [-0.2, 0) is 5.41 Å². The van der Waals surface area contributed by atoms with Gasteiger partial charge in [0.2, 0.25) is 0 Å². The number of fused-ring (bicyclic) bond motifs is 1. The summed E-state index contributed by atoms with van der Waals surface area (Å²) in [6.07, 6.45) is 0. The number of carbonyl (C=O) groups is 1. The molecule has 0 aliphatic heterocycles. The van der Waals surface area contributed by atoms with Crippen LogP contribution in [0.1, 0.15) is 54.9 Å². The van der Waals surface area contributed by atoms with E-state index in [-0.39, 0.29) is 11.2 Å². The first-order valence-corrected chi connectivity index (χ1v) is 6.27. The van der Waals surface area contributed by atoms with E-state index in [9.17, 15) is 4.79 Å². The van der Waals surface area contributed by atoms with Crippen molar-refractivity contribution in [2.24, 2.45) is 0 Å². The van der Waals surface area contributed by atoms with Crippen molar-refractivity contribution in [2.75, 3.05) is 0 Å². The van der Waals surface area contributed by atoms with Crippen LogP contribution >= 0.6 is 0 Å². The molecule has 0 unspecified atom stereocenters. The summed E-state index contributed by atoms with van der Waals surface area (Å²) in [6, 6.07) is 4.29. The SMILES string of the molecule is CC(=O)c1oc2c(C)cc(C(C)(C)C)cc2c1C. The smallest absolute Gasteiger partial charge is 0.195 e. The summed E-state index contributed by atoms with van der Waals surface area (Å²) in [5, 5.41) is 1.06. The molecule has 2 heteroatoms. The third-order valence-electron chi connectivity index (χ3n) is 3.41. The highest BCUT2D eigenvalue weighted by atomic mass is 16.3. The standard InChI is InChI=1S/C16H20O2/c1-9-7-12(16(4,5)6)8-13-10(2)15(11(3)17)18-14(9)13/h7-8H,1-6H3. The van der Waals surface area contributed by atoms with E-state index in [1.807, 2.05) is 13.8 Å². The first-order valence-electron chi connectivity index (χ1n) is 6.27. The maximum atomic E-state index is 11.5. The molecule has 1 aromatic carbocycles. The Bertz CT molecular complexity index is 625. The molecule has 0 atom stereocenters. The summed E-state index contributed by atoms with van der Waals surface area (Å²) < 4.78 is 5.71. The summed E-state index contributed by atoms with van der Waals surface area (Å²) in [4.78, 5) is 11.5. The van der Waals surface area contributed by atoms with Crippen LogP contribution in [-0.4, -0.2) is 5.78 Å². The van der Waals surface area contributed by atoms with Crippen LogP contribution in [0.25, 0.3) is 11.0 Å². The van der Waals surface area contributed by atoms with E-state index in [4.69, 9.17) is 4.42 Å². The van der Waals surface area contributed by atoms with Gasteiger partial charge in [-0.25, -0.2) is 0 Å². The van der Waals surface area contributed by atoms with Gasteiger partial charge in [0.05, 0.1) is 0 Å². The fourth-order valence-electron chi connectivity index (χ4n) is 2.26. The van der Waals surface area contributed by atoms with Crippen molar-refractivity contribution in [1.29, 1.82) is 0 Å². The lowest BCUT2D eigenvalue weighted by atomic mass is 9.85. The number of ketones is 1. The fraction of sp³-hybridized carbons (Fsp3) is 0.438. The number of furan rings is 1. The minimum absolute atomic E-state index is 0.0135. The summed E-state index contributed by atoms with van der Waals surface area (Å²) in [5.41, 5.74) is 4.25. The van der Waals surface area contributed by atoms with Gasteiger partial charge in [-0.2, -0.15) is 0 Å². The Morgan fingerprint density at radius 3 is 2.28 bits per heavy atom. The molecule has 0 fully saturated rings. The molecular formula is C16H20O2. The molecule has 0 spiro atoms. The molecular weight excluding hydrogens is 224 g/mol. The van der Waals surface area contributed by atoms with Crippen molar-refractivity contribution >= 4 is 16.8 Å². The average Bonchev–Trinajstić information content (AvgIpc) is 2.56. The van der Waals surface area contributed by atoms with Crippen LogP contribution in [0.15, 0.2) is 16.5 Å². The summed E-state index contributed by atoms with van der Waals surface area (Å²) in [5.74, 6) is 0.472. The molecule has 2 nitrogen and oxygen atoms in total. The van der Waals surface area contributed by atoms with Gasteiger partial charge in [-0.15, -0.1) is 0 Å². The van der Waals surface area contributed by atoms with Crippen LogP contribution in [0.2, 0.25) is 0 Å². The monoisotopic (exact) mass is 244 g/mol. The van der Waals surface area contributed by atoms with Gasteiger partial charge in [-0.3, -0.25) is 4.79 Å². The summed E-state index contributed by atoms with van der Waals surface area (Å²) in [6.45, 7) is 12.1. The normalized spacial score (nSPS) is 12.1.